The molecule has 0 aliphatic carbocycles. The smallest absolute Gasteiger partial charge is 0.237 e. The molecule has 26 heavy (non-hydrogen) atoms. The number of benzene rings is 1. The van der Waals surface area contributed by atoms with Gasteiger partial charge in [-0.25, -0.2) is 0 Å². The lowest BCUT2D eigenvalue weighted by Crippen LogP contribution is -2.56. The van der Waals surface area contributed by atoms with Gasteiger partial charge in [0, 0.05) is 44.4 Å². The summed E-state index contributed by atoms with van der Waals surface area (Å²) in [5.41, 5.74) is 0.961. The first-order valence-electron chi connectivity index (χ1n) is 9.04. The predicted molar refractivity (Wildman–Crippen MR) is 99.3 cm³/mol. The first kappa shape index (κ1) is 20.0. The zero-order valence-corrected chi connectivity index (χ0v) is 16.1. The summed E-state index contributed by atoms with van der Waals surface area (Å²) in [4.78, 5) is 28.7. The lowest BCUT2D eigenvalue weighted by atomic mass is 10.1. The van der Waals surface area contributed by atoms with Crippen LogP contribution in [0.5, 0.6) is 11.5 Å². The zero-order chi connectivity index (χ0) is 19.1. The highest BCUT2D eigenvalue weighted by Gasteiger charge is 2.33. The summed E-state index contributed by atoms with van der Waals surface area (Å²) >= 11 is 0. The molecule has 7 nitrogen and oxygen atoms in total. The number of hydrogen-bond donors (Lipinski definition) is 1. The van der Waals surface area contributed by atoms with Crippen LogP contribution in [-0.2, 0) is 16.1 Å². The van der Waals surface area contributed by atoms with Gasteiger partial charge in [-0.05, 0) is 19.9 Å². The van der Waals surface area contributed by atoms with Crippen LogP contribution in [0.2, 0.25) is 0 Å². The Kier molecular flexibility index (Phi) is 7.26. The SMILES string of the molecule is CCN(CC)C(=O)C[C@H]1C(=O)NCCN1Cc1ccc(OC)cc1OC. The fraction of sp³-hybridized carbons (Fsp3) is 0.579. The van der Waals surface area contributed by atoms with Gasteiger partial charge in [0.1, 0.15) is 11.5 Å². The Labute approximate surface area is 155 Å². The van der Waals surface area contributed by atoms with Gasteiger partial charge in [-0.15, -0.1) is 0 Å². The molecule has 1 aliphatic heterocycles. The Morgan fingerprint density at radius 1 is 1.27 bits per heavy atom. The van der Waals surface area contributed by atoms with E-state index in [1.807, 2.05) is 36.9 Å². The van der Waals surface area contributed by atoms with Crippen molar-refractivity contribution in [1.29, 1.82) is 0 Å². The second-order valence-corrected chi connectivity index (χ2v) is 6.23. The van der Waals surface area contributed by atoms with Crippen LogP contribution in [0.3, 0.4) is 0 Å². The van der Waals surface area contributed by atoms with Crippen LogP contribution in [-0.4, -0.2) is 68.1 Å². The quantitative estimate of drug-likeness (QED) is 0.753. The third-order valence-electron chi connectivity index (χ3n) is 4.79. The van der Waals surface area contributed by atoms with Crippen molar-refractivity contribution in [1.82, 2.24) is 15.1 Å². The lowest BCUT2D eigenvalue weighted by Gasteiger charge is -2.35. The number of nitrogens with one attached hydrogen (secondary N) is 1. The molecule has 2 rings (SSSR count). The van der Waals surface area contributed by atoms with Gasteiger partial charge in [-0.2, -0.15) is 0 Å². The highest BCUT2D eigenvalue weighted by atomic mass is 16.5. The highest BCUT2D eigenvalue weighted by Crippen LogP contribution is 2.27. The minimum Gasteiger partial charge on any atom is -0.497 e. The number of carbonyl (C=O) groups is 2. The normalized spacial score (nSPS) is 17.5. The number of ether oxygens (including phenoxy) is 2. The number of rotatable bonds is 8. The molecule has 1 aromatic rings. The molecule has 1 aliphatic rings. The topological polar surface area (TPSA) is 71.1 Å². The van der Waals surface area contributed by atoms with E-state index in [1.165, 1.54) is 0 Å². The van der Waals surface area contributed by atoms with Crippen molar-refractivity contribution in [3.05, 3.63) is 23.8 Å². The number of methoxy groups -OCH3 is 2. The van der Waals surface area contributed by atoms with Crippen LogP contribution < -0.4 is 14.8 Å². The van der Waals surface area contributed by atoms with E-state index in [0.29, 0.717) is 38.5 Å². The molecule has 1 saturated heterocycles. The summed E-state index contributed by atoms with van der Waals surface area (Å²) in [6.45, 7) is 7.00. The lowest BCUT2D eigenvalue weighted by molar-refractivity contribution is -0.138. The number of carbonyl (C=O) groups excluding carboxylic acids is 2. The van der Waals surface area contributed by atoms with Gasteiger partial charge in [-0.3, -0.25) is 14.5 Å². The molecular formula is C19H29N3O4. The first-order chi connectivity index (χ1) is 12.5. The third kappa shape index (κ3) is 4.66. The van der Waals surface area contributed by atoms with Crippen LogP contribution in [0.15, 0.2) is 18.2 Å². The predicted octanol–water partition coefficient (Wildman–Crippen LogP) is 1.26. The van der Waals surface area contributed by atoms with Gasteiger partial charge in [-0.1, -0.05) is 6.07 Å². The maximum absolute atomic E-state index is 12.5. The monoisotopic (exact) mass is 363 g/mol. The van der Waals surface area contributed by atoms with Gasteiger partial charge in [0.2, 0.25) is 11.8 Å². The number of amides is 2. The molecule has 1 atom stereocenters. The molecule has 1 heterocycles. The molecular weight excluding hydrogens is 334 g/mol. The van der Waals surface area contributed by atoms with E-state index in [9.17, 15) is 9.59 Å². The summed E-state index contributed by atoms with van der Waals surface area (Å²) in [6, 6.07) is 5.17. The second-order valence-electron chi connectivity index (χ2n) is 6.23. The molecule has 0 aromatic heterocycles. The standard InChI is InChI=1S/C19H29N3O4/c1-5-21(6-2)18(23)12-16-19(24)20-9-10-22(16)13-14-7-8-15(25-3)11-17(14)26-4/h7-8,11,16H,5-6,9-10,12-13H2,1-4H3,(H,20,24)/t16-/m0/s1. The average Bonchev–Trinajstić information content (AvgIpc) is 2.65. The van der Waals surface area contributed by atoms with E-state index >= 15 is 0 Å². The third-order valence-corrected chi connectivity index (χ3v) is 4.79. The van der Waals surface area contributed by atoms with Gasteiger partial charge in [0.05, 0.1) is 26.7 Å². The minimum atomic E-state index is -0.469. The van der Waals surface area contributed by atoms with E-state index < -0.39 is 6.04 Å². The maximum atomic E-state index is 12.5. The minimum absolute atomic E-state index is 0.00347. The molecule has 144 valence electrons. The van der Waals surface area contributed by atoms with Crippen molar-refractivity contribution in [3.63, 3.8) is 0 Å². The molecule has 0 radical (unpaired) electrons. The van der Waals surface area contributed by atoms with E-state index in [2.05, 4.69) is 5.32 Å². The van der Waals surface area contributed by atoms with Crippen LogP contribution in [0.1, 0.15) is 25.8 Å². The van der Waals surface area contributed by atoms with Crippen molar-refractivity contribution in [2.45, 2.75) is 32.9 Å². The maximum Gasteiger partial charge on any atom is 0.237 e. The summed E-state index contributed by atoms with van der Waals surface area (Å²) in [6.07, 6.45) is 0.186. The summed E-state index contributed by atoms with van der Waals surface area (Å²) in [5.74, 6) is 1.34. The summed E-state index contributed by atoms with van der Waals surface area (Å²) in [5, 5.41) is 2.87. The van der Waals surface area contributed by atoms with Gasteiger partial charge in [0.25, 0.3) is 0 Å². The molecule has 1 aromatic carbocycles. The molecule has 0 spiro atoms. The van der Waals surface area contributed by atoms with Crippen molar-refractivity contribution in [3.8, 4) is 11.5 Å². The molecule has 2 amide bonds. The fourth-order valence-electron chi connectivity index (χ4n) is 3.25. The Balaban J connectivity index is 2.17. The summed E-state index contributed by atoms with van der Waals surface area (Å²) < 4.78 is 10.7. The molecule has 7 heteroatoms. The first-order valence-corrected chi connectivity index (χ1v) is 9.04. The Morgan fingerprint density at radius 2 is 2.00 bits per heavy atom. The van der Waals surface area contributed by atoms with Crippen molar-refractivity contribution >= 4 is 11.8 Å². The van der Waals surface area contributed by atoms with Crippen molar-refractivity contribution in [2.24, 2.45) is 0 Å². The zero-order valence-electron chi connectivity index (χ0n) is 16.1. The van der Waals surface area contributed by atoms with Crippen LogP contribution in [0, 0.1) is 0 Å². The van der Waals surface area contributed by atoms with Gasteiger partial charge >= 0.3 is 0 Å². The van der Waals surface area contributed by atoms with Crippen LogP contribution in [0.4, 0.5) is 0 Å². The van der Waals surface area contributed by atoms with Crippen LogP contribution >= 0.6 is 0 Å². The largest absolute Gasteiger partial charge is 0.497 e. The highest BCUT2D eigenvalue weighted by molar-refractivity contribution is 5.88. The number of piperazine rings is 1. The average molecular weight is 363 g/mol. The van der Waals surface area contributed by atoms with Crippen LogP contribution in [0.25, 0.3) is 0 Å². The Bertz CT molecular complexity index is 631. The fourth-order valence-corrected chi connectivity index (χ4v) is 3.25. The Hall–Kier alpha value is -2.28. The molecule has 1 fully saturated rings. The van der Waals surface area contributed by atoms with Gasteiger partial charge in [0.15, 0.2) is 0 Å². The van der Waals surface area contributed by atoms with Crippen molar-refractivity contribution in [2.75, 3.05) is 40.4 Å². The molecule has 1 N–H and O–H groups in total. The van der Waals surface area contributed by atoms with Gasteiger partial charge < -0.3 is 19.7 Å². The molecule has 0 saturated carbocycles. The Morgan fingerprint density at radius 3 is 2.62 bits per heavy atom. The van der Waals surface area contributed by atoms with Crippen molar-refractivity contribution < 1.29 is 19.1 Å². The second kappa shape index (κ2) is 9.43. The van der Waals surface area contributed by atoms with E-state index in [0.717, 1.165) is 11.3 Å². The summed E-state index contributed by atoms with van der Waals surface area (Å²) in [7, 11) is 3.22. The number of nitrogens with zero attached hydrogens (tertiary/aromatic N) is 2. The molecule has 0 bridgehead atoms. The number of hydrogen-bond acceptors (Lipinski definition) is 5. The van der Waals surface area contributed by atoms with E-state index in [4.69, 9.17) is 9.47 Å². The van der Waals surface area contributed by atoms with E-state index in [-0.39, 0.29) is 18.2 Å². The van der Waals surface area contributed by atoms with E-state index in [1.54, 1.807) is 19.1 Å². The molecule has 0 unspecified atom stereocenters.